The number of hydrogen-bond acceptors (Lipinski definition) is 6. The van der Waals surface area contributed by atoms with Crippen LogP contribution in [0.4, 0.5) is 11.4 Å². The Morgan fingerprint density at radius 1 is 1.04 bits per heavy atom. The number of hydrogen-bond donors (Lipinski definition) is 2. The molecule has 0 aliphatic carbocycles. The van der Waals surface area contributed by atoms with Crippen LogP contribution in [-0.2, 0) is 15.6 Å². The Kier molecular flexibility index (Phi) is 4.03. The molecular formula is C18H17N3O2S3. The van der Waals surface area contributed by atoms with Gasteiger partial charge in [0.15, 0.2) is 0 Å². The van der Waals surface area contributed by atoms with Crippen LogP contribution in [0.3, 0.4) is 0 Å². The van der Waals surface area contributed by atoms with Crippen molar-refractivity contribution in [3.63, 3.8) is 0 Å². The SMILES string of the molecule is CC1(C)Nc2ccccc2-c2c1ssc2=Nc1ccc(S(N)(=O)=O)cc1. The molecule has 0 saturated heterocycles. The van der Waals surface area contributed by atoms with Crippen molar-refractivity contribution < 1.29 is 8.42 Å². The van der Waals surface area contributed by atoms with Gasteiger partial charge in [0.1, 0.15) is 4.67 Å². The molecule has 3 aromatic rings. The van der Waals surface area contributed by atoms with Gasteiger partial charge in [-0.15, -0.1) is 0 Å². The van der Waals surface area contributed by atoms with Gasteiger partial charge in [-0.05, 0) is 44.2 Å². The number of benzene rings is 2. The lowest BCUT2D eigenvalue weighted by Crippen LogP contribution is -2.31. The Morgan fingerprint density at radius 2 is 1.73 bits per heavy atom. The van der Waals surface area contributed by atoms with Crippen molar-refractivity contribution in [3.05, 3.63) is 58.1 Å². The molecule has 0 spiro atoms. The quantitative estimate of drug-likeness (QED) is 0.634. The minimum Gasteiger partial charge on any atom is -0.375 e. The number of anilines is 1. The van der Waals surface area contributed by atoms with E-state index in [1.807, 2.05) is 12.1 Å². The molecule has 4 rings (SSSR count). The number of sulfonamides is 1. The molecule has 1 aliphatic heterocycles. The maximum Gasteiger partial charge on any atom is 0.238 e. The maximum atomic E-state index is 11.4. The Labute approximate surface area is 159 Å². The molecule has 0 amide bonds. The second-order valence-corrected chi connectivity index (χ2v) is 10.3. The van der Waals surface area contributed by atoms with Crippen LogP contribution in [0.25, 0.3) is 11.1 Å². The largest absolute Gasteiger partial charge is 0.375 e. The second kappa shape index (κ2) is 6.02. The molecule has 5 nitrogen and oxygen atoms in total. The fraction of sp³-hybridized carbons (Fsp3) is 0.167. The summed E-state index contributed by atoms with van der Waals surface area (Å²) in [5.74, 6) is 0. The lowest BCUT2D eigenvalue weighted by atomic mass is 9.90. The van der Waals surface area contributed by atoms with Crippen molar-refractivity contribution in [1.29, 1.82) is 0 Å². The van der Waals surface area contributed by atoms with Gasteiger partial charge in [0.25, 0.3) is 0 Å². The van der Waals surface area contributed by atoms with Crippen molar-refractivity contribution in [2.75, 3.05) is 5.32 Å². The summed E-state index contributed by atoms with van der Waals surface area (Å²) in [7, 11) is -0.350. The van der Waals surface area contributed by atoms with Gasteiger partial charge in [-0.25, -0.2) is 18.5 Å². The molecule has 3 N–H and O–H groups in total. The minimum absolute atomic E-state index is 0.0862. The van der Waals surface area contributed by atoms with E-state index in [0.29, 0.717) is 5.69 Å². The molecule has 0 radical (unpaired) electrons. The summed E-state index contributed by atoms with van der Waals surface area (Å²) >= 11 is 0. The van der Waals surface area contributed by atoms with Crippen molar-refractivity contribution >= 4 is 42.1 Å². The van der Waals surface area contributed by atoms with Gasteiger partial charge < -0.3 is 5.32 Å². The molecule has 0 unspecified atom stereocenters. The molecule has 0 saturated carbocycles. The fourth-order valence-corrected chi connectivity index (χ4v) is 6.47. The average Bonchev–Trinajstić information content (AvgIpc) is 2.99. The van der Waals surface area contributed by atoms with E-state index in [4.69, 9.17) is 10.1 Å². The molecular weight excluding hydrogens is 386 g/mol. The zero-order chi connectivity index (χ0) is 18.5. The van der Waals surface area contributed by atoms with E-state index in [9.17, 15) is 8.42 Å². The van der Waals surface area contributed by atoms with Crippen molar-refractivity contribution in [2.24, 2.45) is 10.1 Å². The van der Waals surface area contributed by atoms with E-state index in [2.05, 4.69) is 31.3 Å². The molecule has 2 heterocycles. The highest BCUT2D eigenvalue weighted by Gasteiger charge is 2.33. The number of primary sulfonamides is 1. The lowest BCUT2D eigenvalue weighted by Gasteiger charge is -2.33. The van der Waals surface area contributed by atoms with E-state index < -0.39 is 10.0 Å². The van der Waals surface area contributed by atoms with Crippen molar-refractivity contribution in [2.45, 2.75) is 24.3 Å². The van der Waals surface area contributed by atoms with E-state index >= 15 is 0 Å². The fourth-order valence-electron chi connectivity index (χ4n) is 3.02. The number of rotatable bonds is 2. The number of nitrogens with one attached hydrogen (secondary N) is 1. The van der Waals surface area contributed by atoms with Gasteiger partial charge in [-0.2, -0.15) is 0 Å². The molecule has 134 valence electrons. The summed E-state index contributed by atoms with van der Waals surface area (Å²) in [6.07, 6.45) is 0. The monoisotopic (exact) mass is 403 g/mol. The molecule has 1 aromatic heterocycles. The zero-order valence-corrected chi connectivity index (χ0v) is 16.6. The van der Waals surface area contributed by atoms with Crippen LogP contribution >= 0.6 is 20.7 Å². The van der Waals surface area contributed by atoms with E-state index in [1.165, 1.54) is 17.0 Å². The molecule has 1 aliphatic rings. The first-order valence-electron chi connectivity index (χ1n) is 7.94. The Hall–Kier alpha value is -2.00. The van der Waals surface area contributed by atoms with Gasteiger partial charge in [0.2, 0.25) is 10.0 Å². The zero-order valence-electron chi connectivity index (χ0n) is 14.2. The van der Waals surface area contributed by atoms with Crippen molar-refractivity contribution in [3.8, 4) is 11.1 Å². The number of para-hydroxylation sites is 1. The summed E-state index contributed by atoms with van der Waals surface area (Å²) in [5.41, 5.74) is 3.91. The molecule has 0 fully saturated rings. The third-order valence-corrected chi connectivity index (χ3v) is 7.82. The number of fused-ring (bicyclic) bond motifs is 3. The standard InChI is InChI=1S/C18H17N3O2S3/c1-18(2)16-15(13-5-3-4-6-14(13)21-18)17(25-24-16)20-11-7-9-12(10-8-11)26(19,22)23/h3-10,21H,1-2H3,(H2,19,22,23). The highest BCUT2D eigenvalue weighted by atomic mass is 32.9. The second-order valence-electron chi connectivity index (χ2n) is 6.62. The topological polar surface area (TPSA) is 84.5 Å². The van der Waals surface area contributed by atoms with Crippen LogP contribution < -0.4 is 15.1 Å². The highest BCUT2D eigenvalue weighted by Crippen LogP contribution is 2.45. The number of nitrogens with two attached hydrogens (primary N) is 1. The van der Waals surface area contributed by atoms with Crippen LogP contribution in [0.5, 0.6) is 0 Å². The van der Waals surface area contributed by atoms with E-state index in [-0.39, 0.29) is 10.4 Å². The van der Waals surface area contributed by atoms with Gasteiger partial charge in [0, 0.05) is 16.8 Å². The first kappa shape index (κ1) is 17.4. The van der Waals surface area contributed by atoms with Crippen LogP contribution in [0.1, 0.15) is 18.7 Å². The first-order chi connectivity index (χ1) is 12.3. The van der Waals surface area contributed by atoms with Gasteiger partial charge in [-0.1, -0.05) is 38.9 Å². The van der Waals surface area contributed by atoms with Crippen LogP contribution in [0.2, 0.25) is 0 Å². The Bertz CT molecular complexity index is 1160. The highest BCUT2D eigenvalue weighted by molar-refractivity contribution is 7.89. The molecule has 8 heteroatoms. The molecule has 2 aromatic carbocycles. The van der Waals surface area contributed by atoms with Gasteiger partial charge >= 0.3 is 0 Å². The van der Waals surface area contributed by atoms with E-state index in [1.54, 1.807) is 32.8 Å². The summed E-state index contributed by atoms with van der Waals surface area (Å²) in [6.45, 7) is 4.32. The van der Waals surface area contributed by atoms with Crippen molar-refractivity contribution in [1.82, 2.24) is 0 Å². The first-order valence-corrected chi connectivity index (χ1v) is 11.6. The average molecular weight is 404 g/mol. The summed E-state index contributed by atoms with van der Waals surface area (Å²) in [6, 6.07) is 14.5. The van der Waals surface area contributed by atoms with Crippen LogP contribution in [-0.4, -0.2) is 8.42 Å². The Balaban J connectivity index is 1.88. The summed E-state index contributed by atoms with van der Waals surface area (Å²) in [4.78, 5) is 6.10. The molecule has 26 heavy (non-hydrogen) atoms. The third-order valence-electron chi connectivity index (χ3n) is 4.25. The van der Waals surface area contributed by atoms with Crippen LogP contribution in [0.15, 0.2) is 58.4 Å². The molecule has 0 atom stereocenters. The van der Waals surface area contributed by atoms with E-state index in [0.717, 1.165) is 21.5 Å². The number of nitrogens with zero attached hydrogens (tertiary/aromatic N) is 1. The smallest absolute Gasteiger partial charge is 0.238 e. The third kappa shape index (κ3) is 2.99. The lowest BCUT2D eigenvalue weighted by molar-refractivity contribution is 0.598. The summed E-state index contributed by atoms with van der Waals surface area (Å²) < 4.78 is 23.7. The predicted octanol–water partition coefficient (Wildman–Crippen LogP) is 4.02. The maximum absolute atomic E-state index is 11.4. The minimum atomic E-state index is -3.70. The van der Waals surface area contributed by atoms with Gasteiger partial charge in [-0.3, -0.25) is 0 Å². The summed E-state index contributed by atoms with van der Waals surface area (Å²) in [5, 5.41) is 8.74. The normalized spacial score (nSPS) is 15.9. The Morgan fingerprint density at radius 3 is 2.42 bits per heavy atom. The predicted molar refractivity (Wildman–Crippen MR) is 107 cm³/mol. The van der Waals surface area contributed by atoms with Crippen LogP contribution in [0, 0.1) is 0 Å². The van der Waals surface area contributed by atoms with Gasteiger partial charge in [0.05, 0.1) is 21.0 Å². The molecule has 0 bridgehead atoms.